The molecule has 0 aromatic heterocycles. The van der Waals surface area contributed by atoms with Crippen LogP contribution in [0, 0.1) is 11.2 Å². The maximum absolute atomic E-state index is 13.6. The molecule has 0 aliphatic carbocycles. The Balaban J connectivity index is 1.52. The van der Waals surface area contributed by atoms with Crippen molar-refractivity contribution in [1.29, 1.82) is 0 Å². The van der Waals surface area contributed by atoms with E-state index < -0.39 is 0 Å². The van der Waals surface area contributed by atoms with Crippen LogP contribution in [0.1, 0.15) is 37.3 Å². The lowest BCUT2D eigenvalue weighted by atomic mass is 9.68. The van der Waals surface area contributed by atoms with Crippen LogP contribution in [-0.2, 0) is 4.74 Å². The van der Waals surface area contributed by atoms with Gasteiger partial charge < -0.3 is 9.64 Å². The standard InChI is InChI=1S/C27H38FN3O/c1-5-21-11-15-31(26(24(21)6-2)22-7-9-23(28)10-8-22)20-29(3)19-25(32-4)27-12-16-30(17-13-27)18-14-27/h5-10,25-26H,1-2,11-20H2,3-4H3/t25?,26-/m0/s1. The smallest absolute Gasteiger partial charge is 0.123 e. The Labute approximate surface area is 193 Å². The van der Waals surface area contributed by atoms with Gasteiger partial charge in [0.25, 0.3) is 0 Å². The Morgan fingerprint density at radius 1 is 1.12 bits per heavy atom. The van der Waals surface area contributed by atoms with Crippen LogP contribution in [0.25, 0.3) is 0 Å². The zero-order chi connectivity index (χ0) is 22.7. The van der Waals surface area contributed by atoms with Crippen molar-refractivity contribution >= 4 is 0 Å². The maximum Gasteiger partial charge on any atom is 0.123 e. The molecule has 0 N–H and O–H groups in total. The summed E-state index contributed by atoms with van der Waals surface area (Å²) in [5, 5.41) is 0. The topological polar surface area (TPSA) is 19.0 Å². The monoisotopic (exact) mass is 439 g/mol. The molecule has 5 heteroatoms. The van der Waals surface area contributed by atoms with Crippen LogP contribution in [-0.4, -0.2) is 74.4 Å². The summed E-state index contributed by atoms with van der Waals surface area (Å²) in [4.78, 5) is 7.46. The molecule has 4 nitrogen and oxygen atoms in total. The quantitative estimate of drug-likeness (QED) is 0.558. The van der Waals surface area contributed by atoms with Gasteiger partial charge in [-0.1, -0.05) is 37.4 Å². The number of fused-ring (bicyclic) bond motifs is 3. The Hall–Kier alpha value is -1.79. The molecule has 5 rings (SSSR count). The minimum Gasteiger partial charge on any atom is -0.380 e. The minimum absolute atomic E-state index is 0.0503. The Morgan fingerprint density at radius 2 is 1.78 bits per heavy atom. The molecule has 4 aliphatic rings. The number of methoxy groups -OCH3 is 1. The van der Waals surface area contributed by atoms with E-state index in [1.54, 1.807) is 12.1 Å². The molecule has 2 bridgehead atoms. The van der Waals surface area contributed by atoms with Crippen LogP contribution in [0.5, 0.6) is 0 Å². The highest BCUT2D eigenvalue weighted by atomic mass is 19.1. The Bertz CT molecular complexity index is 827. The number of ether oxygens (including phenoxy) is 1. The zero-order valence-electron chi connectivity index (χ0n) is 19.7. The predicted octanol–water partition coefficient (Wildman–Crippen LogP) is 4.63. The summed E-state index contributed by atoms with van der Waals surface area (Å²) in [7, 11) is 4.08. The number of allylic oxidation sites excluding steroid dienone is 1. The molecule has 3 fully saturated rings. The van der Waals surface area contributed by atoms with E-state index in [0.29, 0.717) is 5.41 Å². The van der Waals surface area contributed by atoms with Crippen LogP contribution in [0.3, 0.4) is 0 Å². The van der Waals surface area contributed by atoms with Crippen LogP contribution >= 0.6 is 0 Å². The fourth-order valence-electron chi connectivity index (χ4n) is 6.07. The van der Waals surface area contributed by atoms with E-state index >= 15 is 0 Å². The summed E-state index contributed by atoms with van der Waals surface area (Å²) in [6.45, 7) is 14.4. The van der Waals surface area contributed by atoms with E-state index in [4.69, 9.17) is 4.74 Å². The second kappa shape index (κ2) is 10.0. The highest BCUT2D eigenvalue weighted by Gasteiger charge is 2.45. The SMILES string of the molecule is C=CC1=C(C=C)[C@H](c2ccc(F)cc2)N(CN(C)CC(OC)C23CCN(CC2)CC3)CC1. The molecule has 1 aromatic rings. The van der Waals surface area contributed by atoms with Crippen molar-refractivity contribution < 1.29 is 9.13 Å². The molecule has 2 atom stereocenters. The number of halogens is 1. The van der Waals surface area contributed by atoms with Gasteiger partial charge in [0.15, 0.2) is 0 Å². The summed E-state index contributed by atoms with van der Waals surface area (Å²) >= 11 is 0. The van der Waals surface area contributed by atoms with Crippen molar-refractivity contribution in [1.82, 2.24) is 14.7 Å². The zero-order valence-corrected chi connectivity index (χ0v) is 19.7. The third kappa shape index (κ3) is 4.62. The number of likely N-dealkylation sites (N-methyl/N-ethyl adjacent to an activating group) is 1. The van der Waals surface area contributed by atoms with Crippen LogP contribution in [0.2, 0.25) is 0 Å². The normalized spacial score (nSPS) is 29.4. The van der Waals surface area contributed by atoms with E-state index in [-0.39, 0.29) is 18.0 Å². The Morgan fingerprint density at radius 3 is 2.34 bits per heavy atom. The molecule has 0 radical (unpaired) electrons. The molecule has 1 aromatic carbocycles. The summed E-state index contributed by atoms with van der Waals surface area (Å²) in [5.74, 6) is -0.206. The van der Waals surface area contributed by atoms with Crippen molar-refractivity contribution in [2.45, 2.75) is 37.8 Å². The maximum atomic E-state index is 13.6. The van der Waals surface area contributed by atoms with Crippen LogP contribution in [0.15, 0.2) is 60.7 Å². The minimum atomic E-state index is -0.206. The third-order valence-electron chi connectivity index (χ3n) is 8.00. The summed E-state index contributed by atoms with van der Waals surface area (Å²) < 4.78 is 19.7. The van der Waals surface area contributed by atoms with E-state index in [2.05, 4.69) is 34.9 Å². The first-order valence-corrected chi connectivity index (χ1v) is 11.9. The van der Waals surface area contributed by atoms with Gasteiger partial charge in [-0.05, 0) is 81.2 Å². The average molecular weight is 440 g/mol. The van der Waals surface area contributed by atoms with Gasteiger partial charge in [0, 0.05) is 25.6 Å². The molecular formula is C27H38FN3O. The molecule has 0 amide bonds. The third-order valence-corrected chi connectivity index (χ3v) is 8.00. The van der Waals surface area contributed by atoms with Crippen molar-refractivity contribution in [3.63, 3.8) is 0 Å². The molecule has 32 heavy (non-hydrogen) atoms. The van der Waals surface area contributed by atoms with Gasteiger partial charge in [-0.25, -0.2) is 4.39 Å². The molecule has 3 saturated heterocycles. The second-order valence-corrected chi connectivity index (χ2v) is 9.76. The van der Waals surface area contributed by atoms with Crippen LogP contribution < -0.4 is 0 Å². The lowest BCUT2D eigenvalue weighted by Crippen LogP contribution is -2.56. The first-order valence-electron chi connectivity index (χ1n) is 11.9. The van der Waals surface area contributed by atoms with Gasteiger partial charge in [0.1, 0.15) is 5.82 Å². The van der Waals surface area contributed by atoms with E-state index in [1.807, 2.05) is 31.4 Å². The molecule has 4 heterocycles. The number of hydrogen-bond acceptors (Lipinski definition) is 4. The molecular weight excluding hydrogens is 401 g/mol. The molecule has 1 unspecified atom stereocenters. The highest BCUT2D eigenvalue weighted by molar-refractivity contribution is 5.42. The predicted molar refractivity (Wildman–Crippen MR) is 129 cm³/mol. The van der Waals surface area contributed by atoms with Gasteiger partial charge in [0.2, 0.25) is 0 Å². The van der Waals surface area contributed by atoms with Gasteiger partial charge in [-0.2, -0.15) is 0 Å². The van der Waals surface area contributed by atoms with Crippen molar-refractivity contribution in [3.8, 4) is 0 Å². The van der Waals surface area contributed by atoms with Gasteiger partial charge in [0.05, 0.1) is 18.8 Å². The average Bonchev–Trinajstić information content (AvgIpc) is 2.83. The first-order chi connectivity index (χ1) is 15.5. The molecule has 0 saturated carbocycles. The summed E-state index contributed by atoms with van der Waals surface area (Å²) in [5.41, 5.74) is 3.82. The number of benzene rings is 1. The summed E-state index contributed by atoms with van der Waals surface area (Å²) in [6, 6.07) is 6.95. The fraction of sp³-hybridized carbons (Fsp3) is 0.556. The van der Waals surface area contributed by atoms with Crippen molar-refractivity contribution in [2.24, 2.45) is 5.41 Å². The highest BCUT2D eigenvalue weighted by Crippen LogP contribution is 2.44. The fourth-order valence-corrected chi connectivity index (χ4v) is 6.07. The molecule has 4 aliphatic heterocycles. The lowest BCUT2D eigenvalue weighted by Gasteiger charge is -2.52. The number of rotatable bonds is 9. The van der Waals surface area contributed by atoms with Crippen molar-refractivity contribution in [2.75, 3.05) is 53.5 Å². The number of piperidine rings is 3. The van der Waals surface area contributed by atoms with E-state index in [9.17, 15) is 4.39 Å². The molecule has 0 spiro atoms. The first kappa shape index (κ1) is 23.4. The number of hydrogen-bond donors (Lipinski definition) is 0. The lowest BCUT2D eigenvalue weighted by molar-refractivity contribution is -0.0991. The van der Waals surface area contributed by atoms with Gasteiger partial charge in [-0.15, -0.1) is 0 Å². The Kier molecular flexibility index (Phi) is 7.30. The second-order valence-electron chi connectivity index (χ2n) is 9.76. The van der Waals surface area contributed by atoms with Gasteiger partial charge in [-0.3, -0.25) is 9.80 Å². The summed E-state index contributed by atoms with van der Waals surface area (Å²) in [6.07, 6.45) is 8.83. The van der Waals surface area contributed by atoms with Gasteiger partial charge >= 0.3 is 0 Å². The van der Waals surface area contributed by atoms with Crippen molar-refractivity contribution in [3.05, 3.63) is 72.1 Å². The largest absolute Gasteiger partial charge is 0.380 e. The molecule has 174 valence electrons. The van der Waals surface area contributed by atoms with E-state index in [0.717, 1.165) is 31.7 Å². The number of nitrogens with zero attached hydrogens (tertiary/aromatic N) is 3. The van der Waals surface area contributed by atoms with Crippen LogP contribution in [0.4, 0.5) is 4.39 Å². The van der Waals surface area contributed by atoms with E-state index in [1.165, 1.54) is 50.0 Å².